The first-order valence-electron chi connectivity index (χ1n) is 5.46. The fraction of sp³-hybridized carbons (Fsp3) is 0.727. The Balaban J connectivity index is 2.31. The Morgan fingerprint density at radius 1 is 1.62 bits per heavy atom. The van der Waals surface area contributed by atoms with Crippen LogP contribution in [0.15, 0.2) is 0 Å². The normalized spacial score (nSPS) is 18.5. The number of nitrogens with one attached hydrogen (secondary N) is 1. The summed E-state index contributed by atoms with van der Waals surface area (Å²) in [4.78, 5) is 13.2. The number of hydrogen-bond acceptors (Lipinski definition) is 4. The van der Waals surface area contributed by atoms with Crippen LogP contribution in [0.5, 0.6) is 0 Å². The van der Waals surface area contributed by atoms with Gasteiger partial charge in [0.15, 0.2) is 0 Å². The number of hydrogen-bond donors (Lipinski definition) is 1. The molecule has 90 valence electrons. The number of alkyl carbamates (subject to hydrolysis) is 1. The molecule has 1 aliphatic rings. The lowest BCUT2D eigenvalue weighted by molar-refractivity contribution is 0.0273. The number of carbonyl (C=O) groups excluding carboxylic acids is 1. The van der Waals surface area contributed by atoms with Crippen molar-refractivity contribution in [3.8, 4) is 12.3 Å². The van der Waals surface area contributed by atoms with Crippen LogP contribution in [-0.2, 0) is 9.47 Å². The molecule has 0 aliphatic carbocycles. The van der Waals surface area contributed by atoms with Crippen molar-refractivity contribution in [3.05, 3.63) is 0 Å². The highest BCUT2D eigenvalue weighted by atomic mass is 16.5. The van der Waals surface area contributed by atoms with Crippen molar-refractivity contribution < 1.29 is 14.3 Å². The summed E-state index contributed by atoms with van der Waals surface area (Å²) in [6, 6.07) is -0.0895. The summed E-state index contributed by atoms with van der Waals surface area (Å²) in [6.45, 7) is 5.54. The van der Waals surface area contributed by atoms with Gasteiger partial charge in [0, 0.05) is 19.6 Å². The maximum atomic E-state index is 11.1. The van der Waals surface area contributed by atoms with Crippen molar-refractivity contribution >= 4 is 6.09 Å². The summed E-state index contributed by atoms with van der Waals surface area (Å²) in [7, 11) is 0. The molecular formula is C11H18N2O3. The van der Waals surface area contributed by atoms with E-state index in [-0.39, 0.29) is 6.04 Å². The van der Waals surface area contributed by atoms with Gasteiger partial charge in [0.25, 0.3) is 0 Å². The molecule has 1 fully saturated rings. The summed E-state index contributed by atoms with van der Waals surface area (Å²) in [5.74, 6) is 2.67. The van der Waals surface area contributed by atoms with Crippen LogP contribution in [0.4, 0.5) is 4.79 Å². The Hall–Kier alpha value is -1.25. The molecule has 1 rings (SSSR count). The third kappa shape index (κ3) is 4.09. The number of nitrogens with zero attached hydrogens (tertiary/aromatic N) is 1. The third-order valence-corrected chi connectivity index (χ3v) is 2.39. The molecule has 1 heterocycles. The largest absolute Gasteiger partial charge is 0.450 e. The molecule has 0 saturated carbocycles. The molecule has 0 aromatic rings. The minimum Gasteiger partial charge on any atom is -0.450 e. The van der Waals surface area contributed by atoms with Crippen LogP contribution >= 0.6 is 0 Å². The molecular weight excluding hydrogens is 208 g/mol. The zero-order valence-electron chi connectivity index (χ0n) is 9.57. The van der Waals surface area contributed by atoms with E-state index in [0.717, 1.165) is 13.1 Å². The van der Waals surface area contributed by atoms with E-state index < -0.39 is 6.09 Å². The fourth-order valence-corrected chi connectivity index (χ4v) is 1.54. The monoisotopic (exact) mass is 226 g/mol. The molecule has 1 aliphatic heterocycles. The Morgan fingerprint density at radius 2 is 2.31 bits per heavy atom. The van der Waals surface area contributed by atoms with Gasteiger partial charge in [-0.2, -0.15) is 0 Å². The lowest BCUT2D eigenvalue weighted by atomic mass is 10.2. The first-order valence-corrected chi connectivity index (χ1v) is 5.46. The first kappa shape index (κ1) is 12.8. The number of terminal acetylenes is 1. The predicted molar refractivity (Wildman–Crippen MR) is 60.0 cm³/mol. The maximum absolute atomic E-state index is 11.1. The standard InChI is InChI=1S/C11H18N2O3/c1-3-10(9-12-11(14)16-4-2)13-5-7-15-8-6-13/h1,10H,4-9H2,2H3,(H,12,14)/t10-/m1/s1. The van der Waals surface area contributed by atoms with Crippen LogP contribution in [0.3, 0.4) is 0 Å². The van der Waals surface area contributed by atoms with Crippen LogP contribution in [0.2, 0.25) is 0 Å². The van der Waals surface area contributed by atoms with Gasteiger partial charge in [-0.25, -0.2) is 4.79 Å². The fourth-order valence-electron chi connectivity index (χ4n) is 1.54. The second-order valence-electron chi connectivity index (χ2n) is 3.43. The van der Waals surface area contributed by atoms with Crippen molar-refractivity contribution in [1.82, 2.24) is 10.2 Å². The summed E-state index contributed by atoms with van der Waals surface area (Å²) in [5.41, 5.74) is 0. The van der Waals surface area contributed by atoms with Gasteiger partial charge < -0.3 is 14.8 Å². The van der Waals surface area contributed by atoms with E-state index in [1.54, 1.807) is 6.92 Å². The smallest absolute Gasteiger partial charge is 0.407 e. The first-order chi connectivity index (χ1) is 7.77. The van der Waals surface area contributed by atoms with E-state index >= 15 is 0 Å². The van der Waals surface area contributed by atoms with Gasteiger partial charge in [-0.3, -0.25) is 4.90 Å². The van der Waals surface area contributed by atoms with E-state index in [1.165, 1.54) is 0 Å². The molecule has 0 bridgehead atoms. The van der Waals surface area contributed by atoms with Crippen molar-refractivity contribution in [1.29, 1.82) is 0 Å². The molecule has 0 spiro atoms. The minimum absolute atomic E-state index is 0.0895. The van der Waals surface area contributed by atoms with E-state index in [2.05, 4.69) is 16.1 Å². The van der Waals surface area contributed by atoms with E-state index in [0.29, 0.717) is 26.4 Å². The molecule has 0 aromatic heterocycles. The molecule has 0 unspecified atom stereocenters. The summed E-state index contributed by atoms with van der Waals surface area (Å²) in [5, 5.41) is 2.65. The minimum atomic E-state index is -0.420. The molecule has 0 radical (unpaired) electrons. The van der Waals surface area contributed by atoms with Gasteiger partial charge in [-0.15, -0.1) is 6.42 Å². The number of morpholine rings is 1. The van der Waals surface area contributed by atoms with Crippen LogP contribution in [-0.4, -0.2) is 56.5 Å². The summed E-state index contributed by atoms with van der Waals surface area (Å²) < 4.78 is 10.00. The highest BCUT2D eigenvalue weighted by Crippen LogP contribution is 2.02. The Bertz CT molecular complexity index is 256. The van der Waals surface area contributed by atoms with Crippen molar-refractivity contribution in [2.45, 2.75) is 13.0 Å². The van der Waals surface area contributed by atoms with Crippen LogP contribution in [0.25, 0.3) is 0 Å². The molecule has 16 heavy (non-hydrogen) atoms. The maximum Gasteiger partial charge on any atom is 0.407 e. The molecule has 5 nitrogen and oxygen atoms in total. The lowest BCUT2D eigenvalue weighted by Gasteiger charge is -2.31. The SMILES string of the molecule is C#C[C@H](CNC(=O)OCC)N1CCOCC1. The van der Waals surface area contributed by atoms with Crippen LogP contribution in [0, 0.1) is 12.3 Å². The predicted octanol–water partition coefficient (Wildman–Crippen LogP) is 0.0665. The van der Waals surface area contributed by atoms with Crippen molar-refractivity contribution in [2.75, 3.05) is 39.5 Å². The number of ether oxygens (including phenoxy) is 2. The van der Waals surface area contributed by atoms with Gasteiger partial charge in [0.05, 0.1) is 25.9 Å². The highest BCUT2D eigenvalue weighted by molar-refractivity contribution is 5.67. The Morgan fingerprint density at radius 3 is 2.88 bits per heavy atom. The van der Waals surface area contributed by atoms with E-state index in [1.807, 2.05) is 0 Å². The molecule has 0 aromatic carbocycles. The van der Waals surface area contributed by atoms with Gasteiger partial charge in [0.1, 0.15) is 0 Å². The second kappa shape index (κ2) is 7.09. The topological polar surface area (TPSA) is 50.8 Å². The van der Waals surface area contributed by atoms with Gasteiger partial charge in [0.2, 0.25) is 0 Å². The highest BCUT2D eigenvalue weighted by Gasteiger charge is 2.19. The summed E-state index contributed by atoms with van der Waals surface area (Å²) in [6.07, 6.45) is 5.02. The van der Waals surface area contributed by atoms with Crippen LogP contribution < -0.4 is 5.32 Å². The van der Waals surface area contributed by atoms with Gasteiger partial charge in [-0.1, -0.05) is 5.92 Å². The van der Waals surface area contributed by atoms with Gasteiger partial charge >= 0.3 is 6.09 Å². The lowest BCUT2D eigenvalue weighted by Crippen LogP contribution is -2.48. The van der Waals surface area contributed by atoms with E-state index in [4.69, 9.17) is 15.9 Å². The van der Waals surface area contributed by atoms with E-state index in [9.17, 15) is 4.79 Å². The van der Waals surface area contributed by atoms with Crippen molar-refractivity contribution in [2.24, 2.45) is 0 Å². The molecule has 1 amide bonds. The Labute approximate surface area is 96.1 Å². The Kier molecular flexibility index (Phi) is 5.68. The number of rotatable bonds is 4. The zero-order valence-corrected chi connectivity index (χ0v) is 9.57. The van der Waals surface area contributed by atoms with Crippen LogP contribution in [0.1, 0.15) is 6.92 Å². The van der Waals surface area contributed by atoms with Gasteiger partial charge in [-0.05, 0) is 6.92 Å². The molecule has 1 atom stereocenters. The number of amides is 1. The zero-order chi connectivity index (χ0) is 11.8. The number of carbonyl (C=O) groups is 1. The molecule has 5 heteroatoms. The quantitative estimate of drug-likeness (QED) is 0.689. The third-order valence-electron chi connectivity index (χ3n) is 2.39. The average Bonchev–Trinajstić information content (AvgIpc) is 2.31. The summed E-state index contributed by atoms with van der Waals surface area (Å²) >= 11 is 0. The average molecular weight is 226 g/mol. The molecule has 1 N–H and O–H groups in total. The second-order valence-corrected chi connectivity index (χ2v) is 3.43. The van der Waals surface area contributed by atoms with Crippen molar-refractivity contribution in [3.63, 3.8) is 0 Å². The molecule has 1 saturated heterocycles.